The zero-order valence-corrected chi connectivity index (χ0v) is 19.0. The average Bonchev–Trinajstić information content (AvgIpc) is 2.91. The summed E-state index contributed by atoms with van der Waals surface area (Å²) >= 11 is 7.80. The molecule has 0 aliphatic carbocycles. The van der Waals surface area contributed by atoms with Crippen LogP contribution in [0.5, 0.6) is 5.88 Å². The minimum atomic E-state index is -0.728. The molecule has 1 aromatic heterocycles. The summed E-state index contributed by atoms with van der Waals surface area (Å²) in [6.45, 7) is 3.69. The van der Waals surface area contributed by atoms with E-state index in [1.165, 1.54) is 13.3 Å². The first kappa shape index (κ1) is 21.6. The number of nitrogens with zero attached hydrogens (tertiary/aromatic N) is 4. The van der Waals surface area contributed by atoms with Gasteiger partial charge in [0.1, 0.15) is 0 Å². The zero-order valence-electron chi connectivity index (χ0n) is 17.4. The van der Waals surface area contributed by atoms with Crippen LogP contribution in [0, 0.1) is 0 Å². The highest BCUT2D eigenvalue weighted by atomic mass is 35.5. The van der Waals surface area contributed by atoms with Gasteiger partial charge in [-0.3, -0.25) is 9.69 Å². The smallest absolute Gasteiger partial charge is 0.247 e. The van der Waals surface area contributed by atoms with Gasteiger partial charge in [-0.1, -0.05) is 73.5 Å². The number of hydrogen-bond donors (Lipinski definition) is 0. The van der Waals surface area contributed by atoms with Gasteiger partial charge in [0, 0.05) is 28.8 Å². The monoisotopic (exact) mass is 454 g/mol. The maximum atomic E-state index is 12.8. The van der Waals surface area contributed by atoms with Gasteiger partial charge in [0.25, 0.3) is 0 Å². The highest BCUT2D eigenvalue weighted by Gasteiger charge is 2.34. The van der Waals surface area contributed by atoms with Crippen molar-refractivity contribution in [1.82, 2.24) is 15.2 Å². The number of benzene rings is 2. The zero-order chi connectivity index (χ0) is 21.8. The van der Waals surface area contributed by atoms with E-state index >= 15 is 0 Å². The minimum absolute atomic E-state index is 0.160. The molecule has 0 N–H and O–H groups in total. The fourth-order valence-electron chi connectivity index (χ4n) is 3.51. The lowest BCUT2D eigenvalue weighted by Crippen LogP contribution is -2.36. The van der Waals surface area contributed by atoms with Gasteiger partial charge in [-0.15, -0.1) is 10.2 Å². The van der Waals surface area contributed by atoms with E-state index in [9.17, 15) is 4.79 Å². The van der Waals surface area contributed by atoms with E-state index in [4.69, 9.17) is 16.3 Å². The molecule has 0 spiro atoms. The second-order valence-electron chi connectivity index (χ2n) is 7.24. The van der Waals surface area contributed by atoms with Crippen molar-refractivity contribution in [2.75, 3.05) is 10.7 Å². The van der Waals surface area contributed by atoms with Gasteiger partial charge < -0.3 is 4.74 Å². The predicted molar refractivity (Wildman–Crippen MR) is 123 cm³/mol. The van der Waals surface area contributed by atoms with E-state index in [-0.39, 0.29) is 5.91 Å². The first-order valence-electron chi connectivity index (χ1n) is 10.3. The highest BCUT2D eigenvalue weighted by molar-refractivity contribution is 7.99. The number of hydrogen-bond acceptors (Lipinski definition) is 6. The number of fused-ring (bicyclic) bond motifs is 3. The van der Waals surface area contributed by atoms with E-state index < -0.39 is 6.23 Å². The summed E-state index contributed by atoms with van der Waals surface area (Å²) in [5.74, 6) is 1.11. The van der Waals surface area contributed by atoms with Gasteiger partial charge in [0.15, 0.2) is 5.69 Å². The van der Waals surface area contributed by atoms with Gasteiger partial charge in [-0.25, -0.2) is 0 Å². The maximum absolute atomic E-state index is 12.8. The van der Waals surface area contributed by atoms with Gasteiger partial charge >= 0.3 is 0 Å². The highest BCUT2D eigenvalue weighted by Crippen LogP contribution is 2.43. The third kappa shape index (κ3) is 4.67. The Morgan fingerprint density at radius 2 is 2.00 bits per heavy atom. The van der Waals surface area contributed by atoms with Crippen molar-refractivity contribution < 1.29 is 9.53 Å². The Labute approximate surface area is 191 Å². The van der Waals surface area contributed by atoms with E-state index in [1.807, 2.05) is 36.4 Å². The number of para-hydroxylation sites is 1. The number of aromatic nitrogens is 3. The Kier molecular flexibility index (Phi) is 6.73. The number of unbranched alkanes of at least 4 members (excludes halogenated alkanes) is 2. The second kappa shape index (κ2) is 9.66. The molecule has 0 saturated heterocycles. The molecule has 1 aliphatic heterocycles. The summed E-state index contributed by atoms with van der Waals surface area (Å²) < 4.78 is 6.34. The van der Waals surface area contributed by atoms with Gasteiger partial charge in [0.2, 0.25) is 23.2 Å². The number of carbonyl (C=O) groups is 1. The van der Waals surface area contributed by atoms with Gasteiger partial charge in [-0.2, -0.15) is 4.98 Å². The molecule has 160 valence electrons. The number of ether oxygens (including phenoxy) is 1. The molecule has 0 saturated carbocycles. The molecule has 31 heavy (non-hydrogen) atoms. The number of carbonyl (C=O) groups excluding carboxylic acids is 1. The normalized spacial score (nSPS) is 14.9. The molecule has 3 aromatic rings. The van der Waals surface area contributed by atoms with Gasteiger partial charge in [0.05, 0.1) is 5.69 Å². The summed E-state index contributed by atoms with van der Waals surface area (Å²) in [5, 5.41) is 9.87. The molecule has 4 rings (SSSR count). The number of thioether (sulfide) groups is 1. The van der Waals surface area contributed by atoms with E-state index in [0.29, 0.717) is 27.4 Å². The van der Waals surface area contributed by atoms with E-state index in [2.05, 4.69) is 22.1 Å². The van der Waals surface area contributed by atoms with Crippen LogP contribution in [0.2, 0.25) is 5.02 Å². The molecule has 2 aromatic carbocycles. The molecule has 1 amide bonds. The molecule has 8 heteroatoms. The van der Waals surface area contributed by atoms with Crippen LogP contribution in [0.3, 0.4) is 0 Å². The number of rotatable bonds is 6. The van der Waals surface area contributed by atoms with E-state index in [1.54, 1.807) is 28.8 Å². The van der Waals surface area contributed by atoms with Crippen molar-refractivity contribution in [3.8, 4) is 17.1 Å². The Morgan fingerprint density at radius 1 is 1.16 bits per heavy atom. The third-order valence-electron chi connectivity index (χ3n) is 4.96. The van der Waals surface area contributed by atoms with Crippen LogP contribution in [0.1, 0.15) is 44.9 Å². The lowest BCUT2D eigenvalue weighted by molar-refractivity contribution is -0.118. The predicted octanol–water partition coefficient (Wildman–Crippen LogP) is 5.92. The average molecular weight is 455 g/mol. The van der Waals surface area contributed by atoms with Crippen LogP contribution in [0.25, 0.3) is 11.3 Å². The number of amides is 1. The first-order valence-corrected chi connectivity index (χ1v) is 11.6. The fourth-order valence-corrected chi connectivity index (χ4v) is 4.48. The van der Waals surface area contributed by atoms with Crippen LogP contribution < -0.4 is 9.64 Å². The van der Waals surface area contributed by atoms with Crippen molar-refractivity contribution in [2.24, 2.45) is 0 Å². The standard InChI is InChI=1S/C23H23ClN4O2S/c1-3-4-7-13-31-23-25-21-20(26-27-23)18-11-5-6-12-19(18)28(15(2)29)22(30-21)16-9-8-10-17(24)14-16/h5-6,8-12,14,22H,3-4,7,13H2,1-2H3/t22-/m1/s1. The Balaban J connectivity index is 1.80. The van der Waals surface area contributed by atoms with Crippen molar-refractivity contribution in [1.29, 1.82) is 0 Å². The SMILES string of the molecule is CCCCCSc1nnc2c(n1)O[C@H](c1cccc(Cl)c1)N(C(C)=O)c1ccccc1-2. The summed E-state index contributed by atoms with van der Waals surface area (Å²) in [7, 11) is 0. The molecule has 2 heterocycles. The Bertz CT molecular complexity index is 1090. The molecular formula is C23H23ClN4O2S. The quantitative estimate of drug-likeness (QED) is 0.340. The van der Waals surface area contributed by atoms with Crippen molar-refractivity contribution in [2.45, 2.75) is 44.5 Å². The lowest BCUT2D eigenvalue weighted by atomic mass is 10.1. The summed E-state index contributed by atoms with van der Waals surface area (Å²) in [4.78, 5) is 19.0. The van der Waals surface area contributed by atoms with Crippen LogP contribution in [0.15, 0.2) is 53.7 Å². The summed E-state index contributed by atoms with van der Waals surface area (Å²) in [5.41, 5.74) is 2.71. The van der Waals surface area contributed by atoms with Crippen LogP contribution in [-0.2, 0) is 4.79 Å². The molecule has 0 bridgehead atoms. The van der Waals surface area contributed by atoms with Crippen molar-refractivity contribution in [3.05, 3.63) is 59.1 Å². The topological polar surface area (TPSA) is 68.2 Å². The molecular weight excluding hydrogens is 432 g/mol. The maximum Gasteiger partial charge on any atom is 0.247 e. The minimum Gasteiger partial charge on any atom is -0.447 e. The molecule has 1 aliphatic rings. The molecule has 0 fully saturated rings. The fraction of sp³-hybridized carbons (Fsp3) is 0.304. The van der Waals surface area contributed by atoms with E-state index in [0.717, 1.165) is 29.7 Å². The summed E-state index contributed by atoms with van der Waals surface area (Å²) in [6.07, 6.45) is 2.69. The van der Waals surface area contributed by atoms with Crippen LogP contribution in [-0.4, -0.2) is 26.8 Å². The third-order valence-corrected chi connectivity index (χ3v) is 6.12. The van der Waals surface area contributed by atoms with Gasteiger partial charge in [-0.05, 0) is 24.6 Å². The van der Waals surface area contributed by atoms with Crippen LogP contribution >= 0.6 is 23.4 Å². The number of halogens is 1. The Hall–Kier alpha value is -2.64. The first-order chi connectivity index (χ1) is 15.1. The molecule has 0 unspecified atom stereocenters. The second-order valence-corrected chi connectivity index (χ2v) is 8.73. The number of anilines is 1. The van der Waals surface area contributed by atoms with Crippen molar-refractivity contribution in [3.63, 3.8) is 0 Å². The molecule has 1 atom stereocenters. The largest absolute Gasteiger partial charge is 0.447 e. The lowest BCUT2D eigenvalue weighted by Gasteiger charge is -2.29. The van der Waals surface area contributed by atoms with Crippen molar-refractivity contribution >= 4 is 35.0 Å². The van der Waals surface area contributed by atoms with Crippen LogP contribution in [0.4, 0.5) is 5.69 Å². The molecule has 0 radical (unpaired) electrons. The summed E-state index contributed by atoms with van der Waals surface area (Å²) in [6, 6.07) is 14.9. The molecule has 6 nitrogen and oxygen atoms in total. The Morgan fingerprint density at radius 3 is 2.77 bits per heavy atom.